The minimum Gasteiger partial charge on any atom is -0.373 e. The fourth-order valence-corrected chi connectivity index (χ4v) is 2.79. The smallest absolute Gasteiger partial charge is 0.256 e. The number of carbonyl (C=O) groups is 2. The normalized spacial score (nSPS) is 17.9. The molecule has 0 spiro atoms. The Morgan fingerprint density at radius 1 is 1.14 bits per heavy atom. The molecule has 1 aliphatic rings. The van der Waals surface area contributed by atoms with Gasteiger partial charge in [0, 0.05) is 5.69 Å². The van der Waals surface area contributed by atoms with Crippen molar-refractivity contribution < 1.29 is 9.59 Å². The Morgan fingerprint density at radius 3 is 2.64 bits per heavy atom. The topological polar surface area (TPSA) is 49.4 Å². The number of imide groups is 1. The van der Waals surface area contributed by atoms with Crippen LogP contribution in [0.2, 0.25) is 5.02 Å². The number of halogens is 1. The molecule has 1 atom stereocenters. The third kappa shape index (κ3) is 2.70. The third-order valence-electron chi connectivity index (χ3n) is 3.60. The molecule has 2 amide bonds. The Bertz CT molecular complexity index is 745. The SMILES string of the molecule is Cc1cccc(N[C@H]2CC(=O)N(c3ccccc3Cl)C2=O)c1. The molecule has 3 rings (SSSR count). The summed E-state index contributed by atoms with van der Waals surface area (Å²) in [5.41, 5.74) is 2.35. The maximum atomic E-state index is 12.5. The van der Waals surface area contributed by atoms with Crippen LogP contribution in [-0.4, -0.2) is 17.9 Å². The van der Waals surface area contributed by atoms with E-state index in [0.717, 1.165) is 16.2 Å². The van der Waals surface area contributed by atoms with Crippen LogP contribution < -0.4 is 10.2 Å². The molecule has 1 aliphatic heterocycles. The average molecular weight is 315 g/mol. The van der Waals surface area contributed by atoms with E-state index < -0.39 is 6.04 Å². The van der Waals surface area contributed by atoms with Crippen LogP contribution in [0.25, 0.3) is 0 Å². The van der Waals surface area contributed by atoms with Gasteiger partial charge in [-0.25, -0.2) is 4.90 Å². The Balaban J connectivity index is 1.84. The number of benzene rings is 2. The molecule has 0 aliphatic carbocycles. The van der Waals surface area contributed by atoms with E-state index in [1.54, 1.807) is 24.3 Å². The standard InChI is InChI=1S/C17H15ClN2O2/c1-11-5-4-6-12(9-11)19-14-10-16(21)20(17(14)22)15-8-3-2-7-13(15)18/h2-9,14,19H,10H2,1H3/t14-/m0/s1. The van der Waals surface area contributed by atoms with Gasteiger partial charge in [-0.15, -0.1) is 0 Å². The number of para-hydroxylation sites is 1. The number of amides is 2. The first kappa shape index (κ1) is 14.6. The van der Waals surface area contributed by atoms with Crippen LogP contribution in [0.5, 0.6) is 0 Å². The van der Waals surface area contributed by atoms with Gasteiger partial charge in [-0.1, -0.05) is 35.9 Å². The van der Waals surface area contributed by atoms with E-state index in [4.69, 9.17) is 11.6 Å². The lowest BCUT2D eigenvalue weighted by Crippen LogP contribution is -2.35. The molecule has 2 aromatic carbocycles. The van der Waals surface area contributed by atoms with Crippen LogP contribution >= 0.6 is 11.6 Å². The van der Waals surface area contributed by atoms with Crippen LogP contribution in [0.3, 0.4) is 0 Å². The number of nitrogens with one attached hydrogen (secondary N) is 1. The number of aryl methyl sites for hydroxylation is 1. The van der Waals surface area contributed by atoms with E-state index in [0.29, 0.717) is 10.7 Å². The molecule has 1 N–H and O–H groups in total. The summed E-state index contributed by atoms with van der Waals surface area (Å²) >= 11 is 6.10. The highest BCUT2D eigenvalue weighted by Gasteiger charge is 2.40. The summed E-state index contributed by atoms with van der Waals surface area (Å²) in [5.74, 6) is -0.525. The quantitative estimate of drug-likeness (QED) is 0.883. The molecule has 22 heavy (non-hydrogen) atoms. The second-order valence-corrected chi connectivity index (χ2v) is 5.70. The van der Waals surface area contributed by atoms with Crippen LogP contribution in [0.4, 0.5) is 11.4 Å². The first-order valence-corrected chi connectivity index (χ1v) is 7.38. The molecule has 2 aromatic rings. The van der Waals surface area contributed by atoms with Gasteiger partial charge in [-0.2, -0.15) is 0 Å². The predicted octanol–water partition coefficient (Wildman–Crippen LogP) is 3.39. The van der Waals surface area contributed by atoms with Crippen molar-refractivity contribution in [2.75, 3.05) is 10.2 Å². The van der Waals surface area contributed by atoms with Crippen molar-refractivity contribution in [2.45, 2.75) is 19.4 Å². The van der Waals surface area contributed by atoms with Crippen molar-refractivity contribution in [3.8, 4) is 0 Å². The van der Waals surface area contributed by atoms with Gasteiger partial charge in [-0.05, 0) is 36.8 Å². The Hall–Kier alpha value is -2.33. The molecule has 0 saturated carbocycles. The van der Waals surface area contributed by atoms with Crippen molar-refractivity contribution in [2.24, 2.45) is 0 Å². The van der Waals surface area contributed by atoms with Gasteiger partial charge < -0.3 is 5.32 Å². The first-order chi connectivity index (χ1) is 10.6. The average Bonchev–Trinajstić information content (AvgIpc) is 2.74. The highest BCUT2D eigenvalue weighted by molar-refractivity contribution is 6.36. The number of hydrogen-bond donors (Lipinski definition) is 1. The van der Waals surface area contributed by atoms with E-state index >= 15 is 0 Å². The second-order valence-electron chi connectivity index (χ2n) is 5.29. The van der Waals surface area contributed by atoms with Crippen LogP contribution in [0.15, 0.2) is 48.5 Å². The van der Waals surface area contributed by atoms with Gasteiger partial charge in [0.25, 0.3) is 5.91 Å². The highest BCUT2D eigenvalue weighted by atomic mass is 35.5. The molecule has 1 saturated heterocycles. The fourth-order valence-electron chi connectivity index (χ4n) is 2.57. The Kier molecular flexibility index (Phi) is 3.86. The number of nitrogens with zero attached hydrogens (tertiary/aromatic N) is 1. The third-order valence-corrected chi connectivity index (χ3v) is 3.92. The van der Waals surface area contributed by atoms with Gasteiger partial charge in [0.15, 0.2) is 0 Å². The zero-order chi connectivity index (χ0) is 15.7. The minimum absolute atomic E-state index is 0.123. The molecule has 0 radical (unpaired) electrons. The van der Waals surface area contributed by atoms with Gasteiger partial charge >= 0.3 is 0 Å². The van der Waals surface area contributed by atoms with E-state index in [1.165, 1.54) is 0 Å². The summed E-state index contributed by atoms with van der Waals surface area (Å²) in [7, 11) is 0. The molecular formula is C17H15ClN2O2. The Labute approximate surface area is 133 Å². The number of anilines is 2. The van der Waals surface area contributed by atoms with Gasteiger partial charge in [0.05, 0.1) is 17.1 Å². The van der Waals surface area contributed by atoms with Gasteiger partial charge in [0.2, 0.25) is 5.91 Å². The van der Waals surface area contributed by atoms with E-state index in [9.17, 15) is 9.59 Å². The van der Waals surface area contributed by atoms with Crippen molar-refractivity contribution in [1.29, 1.82) is 0 Å². The molecule has 5 heteroatoms. The predicted molar refractivity (Wildman–Crippen MR) is 87.2 cm³/mol. The summed E-state index contributed by atoms with van der Waals surface area (Å²) in [5, 5.41) is 3.52. The fraction of sp³-hybridized carbons (Fsp3) is 0.176. The summed E-state index contributed by atoms with van der Waals surface area (Å²) < 4.78 is 0. The largest absolute Gasteiger partial charge is 0.373 e. The summed E-state index contributed by atoms with van der Waals surface area (Å²) in [6, 6.07) is 14.0. The highest BCUT2D eigenvalue weighted by Crippen LogP contribution is 2.30. The maximum Gasteiger partial charge on any atom is 0.256 e. The van der Waals surface area contributed by atoms with Gasteiger partial charge in [-0.3, -0.25) is 9.59 Å². The summed E-state index contributed by atoms with van der Waals surface area (Å²) in [6.45, 7) is 1.98. The zero-order valence-electron chi connectivity index (χ0n) is 12.0. The molecule has 1 fully saturated rings. The lowest BCUT2D eigenvalue weighted by atomic mass is 10.2. The zero-order valence-corrected chi connectivity index (χ0v) is 12.8. The maximum absolute atomic E-state index is 12.5. The molecule has 0 aromatic heterocycles. The van der Waals surface area contributed by atoms with Gasteiger partial charge in [0.1, 0.15) is 6.04 Å². The number of rotatable bonds is 3. The molecule has 1 heterocycles. The molecular weight excluding hydrogens is 300 g/mol. The van der Waals surface area contributed by atoms with E-state index in [2.05, 4.69) is 5.32 Å². The minimum atomic E-state index is -0.564. The molecule has 0 bridgehead atoms. The Morgan fingerprint density at radius 2 is 1.91 bits per heavy atom. The van der Waals surface area contributed by atoms with Crippen LogP contribution in [0.1, 0.15) is 12.0 Å². The van der Waals surface area contributed by atoms with Crippen molar-refractivity contribution in [1.82, 2.24) is 0 Å². The first-order valence-electron chi connectivity index (χ1n) is 7.01. The molecule has 4 nitrogen and oxygen atoms in total. The van der Waals surface area contributed by atoms with E-state index in [-0.39, 0.29) is 18.2 Å². The van der Waals surface area contributed by atoms with Crippen LogP contribution in [-0.2, 0) is 9.59 Å². The summed E-state index contributed by atoms with van der Waals surface area (Å²) in [4.78, 5) is 25.9. The number of carbonyl (C=O) groups excluding carboxylic acids is 2. The molecule has 0 unspecified atom stereocenters. The monoisotopic (exact) mass is 314 g/mol. The lowest BCUT2D eigenvalue weighted by Gasteiger charge is -2.17. The van der Waals surface area contributed by atoms with Crippen molar-refractivity contribution >= 4 is 34.8 Å². The van der Waals surface area contributed by atoms with Crippen molar-refractivity contribution in [3.63, 3.8) is 0 Å². The lowest BCUT2D eigenvalue weighted by molar-refractivity contribution is -0.121. The second kappa shape index (κ2) is 5.81. The molecule has 112 valence electrons. The van der Waals surface area contributed by atoms with Crippen LogP contribution in [0, 0.1) is 6.92 Å². The van der Waals surface area contributed by atoms with Crippen molar-refractivity contribution in [3.05, 3.63) is 59.1 Å². The summed E-state index contributed by atoms with van der Waals surface area (Å²) in [6.07, 6.45) is 0.123. The number of hydrogen-bond acceptors (Lipinski definition) is 3. The van der Waals surface area contributed by atoms with E-state index in [1.807, 2.05) is 31.2 Å².